The number of fused-ring (bicyclic) bond motifs is 3. The van der Waals surface area contributed by atoms with Crippen LogP contribution in [-0.2, 0) is 17.8 Å². The van der Waals surface area contributed by atoms with Crippen molar-refractivity contribution in [3.63, 3.8) is 0 Å². The van der Waals surface area contributed by atoms with Crippen molar-refractivity contribution in [2.45, 2.75) is 19.9 Å². The predicted molar refractivity (Wildman–Crippen MR) is 97.6 cm³/mol. The number of nitrogens with one attached hydrogen (secondary N) is 1. The Hall–Kier alpha value is -2.73. The van der Waals surface area contributed by atoms with Crippen molar-refractivity contribution < 1.29 is 13.9 Å². The second kappa shape index (κ2) is 6.53. The Labute approximate surface area is 154 Å². The van der Waals surface area contributed by atoms with E-state index >= 15 is 0 Å². The number of benzene rings is 1. The molecule has 0 spiro atoms. The van der Waals surface area contributed by atoms with Crippen molar-refractivity contribution in [1.29, 1.82) is 0 Å². The maximum atomic E-state index is 12.5. The molecule has 134 valence electrons. The number of amides is 1. The minimum atomic E-state index is -0.297. The molecule has 7 heteroatoms. The van der Waals surface area contributed by atoms with E-state index in [2.05, 4.69) is 4.98 Å². The summed E-state index contributed by atoms with van der Waals surface area (Å²) in [6, 6.07) is 7.04. The number of rotatable bonds is 3. The van der Waals surface area contributed by atoms with Crippen LogP contribution in [0.2, 0.25) is 5.02 Å². The molecule has 0 saturated carbocycles. The van der Waals surface area contributed by atoms with Gasteiger partial charge in [0.15, 0.2) is 6.61 Å². The SMILES string of the molecule is Cc1cc(=O)c(OCC(=O)N2CCc3[nH]c4ccc(Cl)cc4c3C2)co1. The van der Waals surface area contributed by atoms with Crippen molar-refractivity contribution in [1.82, 2.24) is 9.88 Å². The third-order valence-electron chi connectivity index (χ3n) is 4.57. The summed E-state index contributed by atoms with van der Waals surface area (Å²) in [6.07, 6.45) is 1.97. The van der Waals surface area contributed by atoms with E-state index in [0.717, 1.165) is 28.6 Å². The van der Waals surface area contributed by atoms with Crippen molar-refractivity contribution in [2.24, 2.45) is 0 Å². The number of H-pyrrole nitrogens is 1. The second-order valence-electron chi connectivity index (χ2n) is 6.35. The van der Waals surface area contributed by atoms with E-state index in [9.17, 15) is 9.59 Å². The third kappa shape index (κ3) is 3.08. The summed E-state index contributed by atoms with van der Waals surface area (Å²) in [5, 5.41) is 1.70. The first-order chi connectivity index (χ1) is 12.5. The van der Waals surface area contributed by atoms with Gasteiger partial charge in [-0.15, -0.1) is 0 Å². The maximum Gasteiger partial charge on any atom is 0.260 e. The Bertz CT molecular complexity index is 1050. The molecule has 0 atom stereocenters. The third-order valence-corrected chi connectivity index (χ3v) is 4.81. The highest BCUT2D eigenvalue weighted by Crippen LogP contribution is 2.29. The Morgan fingerprint density at radius 2 is 2.23 bits per heavy atom. The van der Waals surface area contributed by atoms with Gasteiger partial charge in [-0.2, -0.15) is 0 Å². The highest BCUT2D eigenvalue weighted by atomic mass is 35.5. The Balaban J connectivity index is 1.49. The Morgan fingerprint density at radius 1 is 1.38 bits per heavy atom. The lowest BCUT2D eigenvalue weighted by atomic mass is 10.0. The van der Waals surface area contributed by atoms with Crippen molar-refractivity contribution in [3.8, 4) is 5.75 Å². The fraction of sp³-hybridized carbons (Fsp3) is 0.263. The zero-order valence-electron chi connectivity index (χ0n) is 14.2. The molecule has 1 aliphatic heterocycles. The Kier molecular flexibility index (Phi) is 4.20. The fourth-order valence-corrected chi connectivity index (χ4v) is 3.40. The van der Waals surface area contributed by atoms with Gasteiger partial charge < -0.3 is 19.0 Å². The van der Waals surface area contributed by atoms with Gasteiger partial charge in [-0.1, -0.05) is 11.6 Å². The first-order valence-corrected chi connectivity index (χ1v) is 8.68. The van der Waals surface area contributed by atoms with Crippen LogP contribution in [0.5, 0.6) is 5.75 Å². The summed E-state index contributed by atoms with van der Waals surface area (Å²) in [4.78, 5) is 29.4. The van der Waals surface area contributed by atoms with Crippen LogP contribution in [0.4, 0.5) is 0 Å². The molecule has 3 aromatic rings. The molecule has 0 bridgehead atoms. The van der Waals surface area contributed by atoms with Gasteiger partial charge in [-0.05, 0) is 25.1 Å². The number of aromatic nitrogens is 1. The van der Waals surface area contributed by atoms with Crippen LogP contribution in [0.1, 0.15) is 17.0 Å². The summed E-state index contributed by atoms with van der Waals surface area (Å²) in [5.74, 6) is 0.364. The second-order valence-corrected chi connectivity index (χ2v) is 6.78. The number of halogens is 1. The van der Waals surface area contributed by atoms with Gasteiger partial charge in [-0.25, -0.2) is 0 Å². The standard InChI is InChI=1S/C19H17ClN2O4/c1-11-6-17(23)18(9-25-11)26-10-19(24)22-5-4-16-14(8-22)13-7-12(20)2-3-15(13)21-16/h2-3,6-7,9,21H,4-5,8,10H2,1H3. The van der Waals surface area contributed by atoms with Crippen LogP contribution in [0.15, 0.2) is 39.7 Å². The first kappa shape index (κ1) is 16.7. The summed E-state index contributed by atoms with van der Waals surface area (Å²) in [5.41, 5.74) is 2.93. The molecule has 1 aliphatic rings. The van der Waals surface area contributed by atoms with Crippen LogP contribution >= 0.6 is 11.6 Å². The maximum absolute atomic E-state index is 12.5. The predicted octanol–water partition coefficient (Wildman–Crippen LogP) is 3.05. The zero-order valence-corrected chi connectivity index (χ0v) is 14.9. The van der Waals surface area contributed by atoms with E-state index in [0.29, 0.717) is 23.9 Å². The molecule has 0 radical (unpaired) electrons. The number of nitrogens with zero attached hydrogens (tertiary/aromatic N) is 1. The highest BCUT2D eigenvalue weighted by molar-refractivity contribution is 6.31. The van der Waals surface area contributed by atoms with Crippen LogP contribution < -0.4 is 10.2 Å². The van der Waals surface area contributed by atoms with Crippen LogP contribution in [0.25, 0.3) is 10.9 Å². The fourth-order valence-electron chi connectivity index (χ4n) is 3.23. The molecule has 2 aromatic heterocycles. The van der Waals surface area contributed by atoms with Crippen molar-refractivity contribution in [3.05, 3.63) is 62.8 Å². The smallest absolute Gasteiger partial charge is 0.260 e. The average molecular weight is 373 g/mol. The molecule has 3 heterocycles. The minimum Gasteiger partial charge on any atom is -0.477 e. The molecule has 0 fully saturated rings. The Morgan fingerprint density at radius 3 is 3.04 bits per heavy atom. The van der Waals surface area contributed by atoms with Gasteiger partial charge in [0.1, 0.15) is 12.0 Å². The quantitative estimate of drug-likeness (QED) is 0.766. The number of aryl methyl sites for hydroxylation is 1. The van der Waals surface area contributed by atoms with Crippen LogP contribution in [-0.4, -0.2) is 28.9 Å². The molecular weight excluding hydrogens is 356 g/mol. The summed E-state index contributed by atoms with van der Waals surface area (Å²) in [6.45, 7) is 2.56. The molecule has 0 saturated heterocycles. The lowest BCUT2D eigenvalue weighted by Crippen LogP contribution is -2.39. The normalized spacial score (nSPS) is 13.7. The number of aromatic amines is 1. The lowest BCUT2D eigenvalue weighted by molar-refractivity contribution is -0.134. The van der Waals surface area contributed by atoms with Gasteiger partial charge in [0, 0.05) is 52.8 Å². The first-order valence-electron chi connectivity index (χ1n) is 8.30. The van der Waals surface area contributed by atoms with Gasteiger partial charge in [-0.3, -0.25) is 9.59 Å². The lowest BCUT2D eigenvalue weighted by Gasteiger charge is -2.27. The van der Waals surface area contributed by atoms with Gasteiger partial charge in [0.25, 0.3) is 5.91 Å². The van der Waals surface area contributed by atoms with E-state index in [1.54, 1.807) is 11.8 Å². The van der Waals surface area contributed by atoms with Crippen LogP contribution in [0.3, 0.4) is 0 Å². The van der Waals surface area contributed by atoms with Gasteiger partial charge >= 0.3 is 0 Å². The summed E-state index contributed by atoms with van der Waals surface area (Å²) in [7, 11) is 0. The molecule has 0 unspecified atom stereocenters. The highest BCUT2D eigenvalue weighted by Gasteiger charge is 2.24. The minimum absolute atomic E-state index is 0.0422. The topological polar surface area (TPSA) is 75.5 Å². The van der Waals surface area contributed by atoms with Crippen LogP contribution in [0, 0.1) is 6.92 Å². The monoisotopic (exact) mass is 372 g/mol. The molecule has 6 nitrogen and oxygen atoms in total. The molecule has 26 heavy (non-hydrogen) atoms. The summed E-state index contributed by atoms with van der Waals surface area (Å²) < 4.78 is 10.5. The van der Waals surface area contributed by atoms with E-state index in [-0.39, 0.29) is 23.7 Å². The van der Waals surface area contributed by atoms with E-state index in [1.165, 1.54) is 12.3 Å². The number of hydrogen-bond acceptors (Lipinski definition) is 4. The van der Waals surface area contributed by atoms with Crippen molar-refractivity contribution >= 4 is 28.4 Å². The largest absolute Gasteiger partial charge is 0.477 e. The van der Waals surface area contributed by atoms with Crippen molar-refractivity contribution in [2.75, 3.05) is 13.2 Å². The molecule has 1 aromatic carbocycles. The molecule has 4 rings (SSSR count). The average Bonchev–Trinajstić information content (AvgIpc) is 2.98. The zero-order chi connectivity index (χ0) is 18.3. The molecular formula is C19H17ClN2O4. The van der Waals surface area contributed by atoms with Gasteiger partial charge in [0.2, 0.25) is 11.2 Å². The molecule has 1 amide bonds. The van der Waals surface area contributed by atoms with Gasteiger partial charge in [0.05, 0.1) is 0 Å². The van der Waals surface area contributed by atoms with E-state index in [4.69, 9.17) is 20.8 Å². The number of carbonyl (C=O) groups excluding carboxylic acids is 1. The summed E-state index contributed by atoms with van der Waals surface area (Å²) >= 11 is 6.11. The van der Waals surface area contributed by atoms with E-state index in [1.807, 2.05) is 18.2 Å². The molecule has 1 N–H and O–H groups in total. The number of hydrogen-bond donors (Lipinski definition) is 1. The van der Waals surface area contributed by atoms with E-state index < -0.39 is 0 Å². The number of carbonyl (C=O) groups is 1. The number of ether oxygens (including phenoxy) is 1. The molecule has 0 aliphatic carbocycles.